The Bertz CT molecular complexity index is 229. The van der Waals surface area contributed by atoms with Crippen molar-refractivity contribution in [2.24, 2.45) is 11.1 Å². The number of nitrogens with two attached hydrogens (primary N) is 1. The van der Waals surface area contributed by atoms with Crippen molar-refractivity contribution in [3.63, 3.8) is 0 Å². The number of likely N-dealkylation sites (N-methyl/N-ethyl adjacent to an activating group) is 1. The van der Waals surface area contributed by atoms with Crippen LogP contribution >= 0.6 is 0 Å². The van der Waals surface area contributed by atoms with E-state index in [1.165, 1.54) is 0 Å². The highest BCUT2D eigenvalue weighted by molar-refractivity contribution is 4.99. The van der Waals surface area contributed by atoms with Gasteiger partial charge in [0.1, 0.15) is 0 Å². The molecule has 1 heterocycles. The van der Waals surface area contributed by atoms with Crippen LogP contribution in [0.5, 0.6) is 0 Å². The second kappa shape index (κ2) is 4.51. The van der Waals surface area contributed by atoms with Gasteiger partial charge in [-0.15, -0.1) is 0 Å². The van der Waals surface area contributed by atoms with Crippen molar-refractivity contribution in [3.05, 3.63) is 12.3 Å². The Morgan fingerprint density at radius 1 is 1.47 bits per heavy atom. The summed E-state index contributed by atoms with van der Waals surface area (Å²) in [6.45, 7) is 9.64. The molecule has 0 spiro atoms. The standard InChI is InChI=1S/C11H24N4/c1-9(12)15-7-6-10(14(15)5)13-8-11(2,3)4/h6-7,9-10,13H,8,12H2,1-5H3/t9-,10?/m0/s1. The molecule has 0 saturated heterocycles. The molecule has 4 nitrogen and oxygen atoms in total. The van der Waals surface area contributed by atoms with Gasteiger partial charge in [-0.3, -0.25) is 10.3 Å². The lowest BCUT2D eigenvalue weighted by molar-refractivity contribution is 0.00258. The van der Waals surface area contributed by atoms with Gasteiger partial charge in [0.2, 0.25) is 0 Å². The van der Waals surface area contributed by atoms with E-state index in [0.717, 1.165) is 6.54 Å². The van der Waals surface area contributed by atoms with Crippen LogP contribution in [-0.2, 0) is 0 Å². The predicted octanol–water partition coefficient (Wildman–Crippen LogP) is 0.929. The largest absolute Gasteiger partial charge is 0.310 e. The molecular weight excluding hydrogens is 188 g/mol. The highest BCUT2D eigenvalue weighted by Gasteiger charge is 2.25. The zero-order valence-electron chi connectivity index (χ0n) is 10.5. The Hall–Kier alpha value is -0.580. The van der Waals surface area contributed by atoms with E-state index >= 15 is 0 Å². The molecule has 0 fully saturated rings. The molecule has 2 atom stereocenters. The van der Waals surface area contributed by atoms with Crippen molar-refractivity contribution >= 4 is 0 Å². The molecule has 0 aromatic rings. The summed E-state index contributed by atoms with van der Waals surface area (Å²) in [5.74, 6) is 0. The molecule has 1 rings (SSSR count). The predicted molar refractivity (Wildman–Crippen MR) is 63.6 cm³/mol. The van der Waals surface area contributed by atoms with Crippen LogP contribution in [0.2, 0.25) is 0 Å². The van der Waals surface area contributed by atoms with Gasteiger partial charge in [0.25, 0.3) is 0 Å². The number of hydrazine groups is 1. The highest BCUT2D eigenvalue weighted by Crippen LogP contribution is 2.15. The minimum absolute atomic E-state index is 0.0210. The highest BCUT2D eigenvalue weighted by atomic mass is 15.7. The van der Waals surface area contributed by atoms with Gasteiger partial charge in [0.15, 0.2) is 0 Å². The van der Waals surface area contributed by atoms with Crippen LogP contribution in [0.15, 0.2) is 12.3 Å². The Labute approximate surface area is 93.1 Å². The van der Waals surface area contributed by atoms with Gasteiger partial charge in [-0.2, -0.15) is 0 Å². The Kier molecular flexibility index (Phi) is 3.76. The van der Waals surface area contributed by atoms with E-state index in [1.54, 1.807) is 0 Å². The molecule has 0 radical (unpaired) electrons. The normalized spacial score (nSPS) is 24.9. The first-order valence-electron chi connectivity index (χ1n) is 5.49. The molecule has 0 bridgehead atoms. The average molecular weight is 212 g/mol. The lowest BCUT2D eigenvalue weighted by Crippen LogP contribution is -2.51. The molecular formula is C11H24N4. The third-order valence-corrected chi connectivity index (χ3v) is 2.45. The summed E-state index contributed by atoms with van der Waals surface area (Å²) in [7, 11) is 2.05. The SMILES string of the molecule is C[C@@H](N)N1C=CC(NCC(C)(C)C)N1C. The molecule has 15 heavy (non-hydrogen) atoms. The van der Waals surface area contributed by atoms with E-state index in [1.807, 2.05) is 25.2 Å². The van der Waals surface area contributed by atoms with Crippen molar-refractivity contribution in [2.45, 2.75) is 40.0 Å². The summed E-state index contributed by atoms with van der Waals surface area (Å²) in [6.07, 6.45) is 4.45. The van der Waals surface area contributed by atoms with E-state index < -0.39 is 0 Å². The smallest absolute Gasteiger partial charge is 0.0984 e. The van der Waals surface area contributed by atoms with Gasteiger partial charge in [-0.25, -0.2) is 5.01 Å². The summed E-state index contributed by atoms with van der Waals surface area (Å²) in [5, 5.41) is 7.65. The van der Waals surface area contributed by atoms with Crippen molar-refractivity contribution in [3.8, 4) is 0 Å². The third kappa shape index (κ3) is 3.48. The van der Waals surface area contributed by atoms with Crippen LogP contribution < -0.4 is 11.1 Å². The zero-order chi connectivity index (χ0) is 11.6. The third-order valence-electron chi connectivity index (χ3n) is 2.45. The molecule has 3 N–H and O–H groups in total. The summed E-state index contributed by atoms with van der Waals surface area (Å²) in [5.41, 5.74) is 6.14. The number of rotatable bonds is 3. The lowest BCUT2D eigenvalue weighted by Gasteiger charge is -2.34. The second-order valence-corrected chi connectivity index (χ2v) is 5.42. The first-order chi connectivity index (χ1) is 6.81. The summed E-state index contributed by atoms with van der Waals surface area (Å²) >= 11 is 0. The maximum atomic E-state index is 5.84. The van der Waals surface area contributed by atoms with Gasteiger partial charge >= 0.3 is 0 Å². The molecule has 1 aliphatic heterocycles. The average Bonchev–Trinajstić information content (AvgIpc) is 2.42. The zero-order valence-corrected chi connectivity index (χ0v) is 10.5. The molecule has 0 amide bonds. The van der Waals surface area contributed by atoms with Crippen LogP contribution in [-0.4, -0.2) is 35.9 Å². The van der Waals surface area contributed by atoms with E-state index in [4.69, 9.17) is 5.73 Å². The van der Waals surface area contributed by atoms with Gasteiger partial charge < -0.3 is 5.73 Å². The van der Waals surface area contributed by atoms with Gasteiger partial charge in [0, 0.05) is 19.8 Å². The summed E-state index contributed by atoms with van der Waals surface area (Å²) in [4.78, 5) is 0. The van der Waals surface area contributed by atoms with Gasteiger partial charge in [-0.1, -0.05) is 20.8 Å². The topological polar surface area (TPSA) is 44.5 Å². The van der Waals surface area contributed by atoms with Crippen molar-refractivity contribution in [1.82, 2.24) is 15.3 Å². The van der Waals surface area contributed by atoms with E-state index in [2.05, 4.69) is 37.2 Å². The number of nitrogens with one attached hydrogen (secondary N) is 1. The summed E-state index contributed by atoms with van der Waals surface area (Å²) < 4.78 is 0. The van der Waals surface area contributed by atoms with E-state index in [9.17, 15) is 0 Å². The Balaban J connectivity index is 2.44. The number of hydrogen-bond donors (Lipinski definition) is 2. The first kappa shape index (κ1) is 12.5. The monoisotopic (exact) mass is 212 g/mol. The molecule has 0 saturated carbocycles. The minimum atomic E-state index is 0.0210. The first-order valence-corrected chi connectivity index (χ1v) is 5.49. The molecule has 0 aliphatic carbocycles. The van der Waals surface area contributed by atoms with E-state index in [0.29, 0.717) is 5.41 Å². The summed E-state index contributed by atoms with van der Waals surface area (Å²) in [6, 6.07) is 0. The van der Waals surface area contributed by atoms with Crippen molar-refractivity contribution in [2.75, 3.05) is 13.6 Å². The molecule has 0 aromatic heterocycles. The van der Waals surface area contributed by atoms with Crippen LogP contribution in [0, 0.1) is 5.41 Å². The molecule has 0 aromatic carbocycles. The van der Waals surface area contributed by atoms with Crippen molar-refractivity contribution in [1.29, 1.82) is 0 Å². The fourth-order valence-corrected chi connectivity index (χ4v) is 1.58. The van der Waals surface area contributed by atoms with E-state index in [-0.39, 0.29) is 12.3 Å². The molecule has 1 aliphatic rings. The second-order valence-electron chi connectivity index (χ2n) is 5.42. The number of hydrogen-bond acceptors (Lipinski definition) is 4. The molecule has 1 unspecified atom stereocenters. The lowest BCUT2D eigenvalue weighted by atomic mass is 9.97. The van der Waals surface area contributed by atoms with Crippen LogP contribution in [0.1, 0.15) is 27.7 Å². The minimum Gasteiger partial charge on any atom is -0.310 e. The van der Waals surface area contributed by atoms with Crippen LogP contribution in [0.4, 0.5) is 0 Å². The molecule has 4 heteroatoms. The Morgan fingerprint density at radius 2 is 2.07 bits per heavy atom. The fraction of sp³-hybridized carbons (Fsp3) is 0.818. The van der Waals surface area contributed by atoms with Crippen LogP contribution in [0.25, 0.3) is 0 Å². The van der Waals surface area contributed by atoms with Gasteiger partial charge in [-0.05, 0) is 18.4 Å². The fourth-order valence-electron chi connectivity index (χ4n) is 1.58. The van der Waals surface area contributed by atoms with Crippen molar-refractivity contribution < 1.29 is 0 Å². The Morgan fingerprint density at radius 3 is 2.47 bits per heavy atom. The van der Waals surface area contributed by atoms with Crippen LogP contribution in [0.3, 0.4) is 0 Å². The quantitative estimate of drug-likeness (QED) is 0.730. The maximum Gasteiger partial charge on any atom is 0.0984 e. The van der Waals surface area contributed by atoms with Gasteiger partial charge in [0.05, 0.1) is 12.3 Å². The molecule has 88 valence electrons. The maximum absolute atomic E-state index is 5.84. The number of nitrogens with zero attached hydrogens (tertiary/aromatic N) is 2.